The van der Waals surface area contributed by atoms with Crippen molar-refractivity contribution < 1.29 is 13.9 Å². The van der Waals surface area contributed by atoms with Crippen LogP contribution in [-0.4, -0.2) is 63.6 Å². The number of aryl methyl sites for hydroxylation is 1. The van der Waals surface area contributed by atoms with Crippen molar-refractivity contribution in [2.24, 2.45) is 13.0 Å². The molecule has 1 N–H and O–H groups in total. The highest BCUT2D eigenvalue weighted by Gasteiger charge is 2.47. The maximum absolute atomic E-state index is 14.5. The number of pyridine rings is 1. The molecule has 36 heavy (non-hydrogen) atoms. The number of likely N-dealkylation sites (tertiary alicyclic amines) is 1. The van der Waals surface area contributed by atoms with E-state index in [1.807, 2.05) is 38.4 Å². The van der Waals surface area contributed by atoms with E-state index in [0.29, 0.717) is 18.3 Å². The Hall–Kier alpha value is -2.55. The first-order valence-electron chi connectivity index (χ1n) is 12.7. The van der Waals surface area contributed by atoms with E-state index in [0.717, 1.165) is 59.4 Å². The fraction of sp³-hybridized carbons (Fsp3) is 0.519. The van der Waals surface area contributed by atoms with E-state index in [2.05, 4.69) is 26.4 Å². The first kappa shape index (κ1) is 23.8. The van der Waals surface area contributed by atoms with E-state index in [1.54, 1.807) is 10.9 Å². The van der Waals surface area contributed by atoms with E-state index in [1.165, 1.54) is 0 Å². The molecule has 4 heterocycles. The van der Waals surface area contributed by atoms with Crippen LogP contribution in [0.2, 0.25) is 5.02 Å². The summed E-state index contributed by atoms with van der Waals surface area (Å²) >= 11 is 6.70. The lowest BCUT2D eigenvalue weighted by molar-refractivity contribution is -0.117. The van der Waals surface area contributed by atoms with Crippen LogP contribution < -0.4 is 5.32 Å². The molecule has 1 aromatic carbocycles. The number of carbonyl (C=O) groups excluding carboxylic acids is 1. The van der Waals surface area contributed by atoms with Crippen LogP contribution in [0.1, 0.15) is 49.3 Å². The number of carbonyl (C=O) groups is 1. The Kier molecular flexibility index (Phi) is 6.01. The maximum Gasteiger partial charge on any atom is 0.229 e. The fourth-order valence-corrected chi connectivity index (χ4v) is 6.18. The maximum atomic E-state index is 14.5. The predicted molar refractivity (Wildman–Crippen MR) is 137 cm³/mol. The molecule has 4 atom stereocenters. The van der Waals surface area contributed by atoms with Gasteiger partial charge in [-0.25, -0.2) is 9.37 Å². The summed E-state index contributed by atoms with van der Waals surface area (Å²) in [5, 5.41) is 10.1. The number of ether oxygens (including phenoxy) is 1. The molecule has 0 radical (unpaired) electrons. The van der Waals surface area contributed by atoms with Crippen LogP contribution in [0, 0.1) is 5.92 Å². The van der Waals surface area contributed by atoms with E-state index in [4.69, 9.17) is 16.3 Å². The summed E-state index contributed by atoms with van der Waals surface area (Å²) in [5.74, 6) is 0.937. The van der Waals surface area contributed by atoms with E-state index >= 15 is 0 Å². The SMILES string of the molecule is Cn1ccc(C2CC2C(=O)Nc2cc3cc(C4CCN([C@@]5(C)COC[C@H]5F)CC4)c(Cl)cc3cn2)n1. The van der Waals surface area contributed by atoms with Gasteiger partial charge in [-0.1, -0.05) is 11.6 Å². The van der Waals surface area contributed by atoms with Crippen molar-refractivity contribution in [2.45, 2.75) is 49.7 Å². The van der Waals surface area contributed by atoms with E-state index in [-0.39, 0.29) is 24.3 Å². The van der Waals surface area contributed by atoms with Crippen LogP contribution in [0.4, 0.5) is 10.2 Å². The summed E-state index contributed by atoms with van der Waals surface area (Å²) in [6.07, 6.45) is 5.35. The molecule has 6 rings (SSSR count). The van der Waals surface area contributed by atoms with Crippen LogP contribution in [0.25, 0.3) is 10.8 Å². The van der Waals surface area contributed by atoms with Crippen molar-refractivity contribution in [3.05, 3.63) is 52.9 Å². The smallest absolute Gasteiger partial charge is 0.229 e. The third-order valence-corrected chi connectivity index (χ3v) is 8.65. The van der Waals surface area contributed by atoms with Crippen molar-refractivity contribution in [3.63, 3.8) is 0 Å². The zero-order chi connectivity index (χ0) is 25.0. The number of aromatic nitrogens is 3. The largest absolute Gasteiger partial charge is 0.376 e. The molecule has 190 valence electrons. The molecular formula is C27H31ClFN5O2. The van der Waals surface area contributed by atoms with Gasteiger partial charge in [-0.3, -0.25) is 14.4 Å². The first-order chi connectivity index (χ1) is 17.3. The van der Waals surface area contributed by atoms with Gasteiger partial charge in [0.1, 0.15) is 12.0 Å². The number of rotatable bonds is 5. The van der Waals surface area contributed by atoms with Gasteiger partial charge in [0.25, 0.3) is 0 Å². The number of alkyl halides is 1. The zero-order valence-corrected chi connectivity index (χ0v) is 21.3. The van der Waals surface area contributed by atoms with Crippen LogP contribution in [0.15, 0.2) is 36.7 Å². The van der Waals surface area contributed by atoms with Crippen molar-refractivity contribution in [3.8, 4) is 0 Å². The Morgan fingerprint density at radius 2 is 2.06 bits per heavy atom. The average Bonchev–Trinajstić information content (AvgIpc) is 3.44. The van der Waals surface area contributed by atoms with Gasteiger partial charge in [0.05, 0.1) is 24.4 Å². The number of amides is 1. The van der Waals surface area contributed by atoms with Gasteiger partial charge in [-0.2, -0.15) is 5.10 Å². The van der Waals surface area contributed by atoms with Crippen LogP contribution >= 0.6 is 11.6 Å². The van der Waals surface area contributed by atoms with Gasteiger partial charge in [-0.05, 0) is 80.4 Å². The van der Waals surface area contributed by atoms with E-state index in [9.17, 15) is 9.18 Å². The Balaban J connectivity index is 1.15. The summed E-state index contributed by atoms with van der Waals surface area (Å²) in [7, 11) is 1.88. The number of nitrogens with one attached hydrogen (secondary N) is 1. The van der Waals surface area contributed by atoms with Gasteiger partial charge in [0.2, 0.25) is 5.91 Å². The van der Waals surface area contributed by atoms with Crippen molar-refractivity contribution in [2.75, 3.05) is 31.6 Å². The van der Waals surface area contributed by atoms with E-state index < -0.39 is 11.7 Å². The highest BCUT2D eigenvalue weighted by atomic mass is 35.5. The van der Waals surface area contributed by atoms with Crippen LogP contribution in [0.5, 0.6) is 0 Å². The Morgan fingerprint density at radius 3 is 2.75 bits per heavy atom. The number of nitrogens with zero attached hydrogens (tertiary/aromatic N) is 4. The molecule has 2 unspecified atom stereocenters. The van der Waals surface area contributed by atoms with Crippen LogP contribution in [-0.2, 0) is 16.6 Å². The Bertz CT molecular complexity index is 1310. The third-order valence-electron chi connectivity index (χ3n) is 8.32. The summed E-state index contributed by atoms with van der Waals surface area (Å²) in [6.45, 7) is 4.23. The molecule has 3 fully saturated rings. The number of benzene rings is 1. The molecular weight excluding hydrogens is 481 g/mol. The van der Waals surface area contributed by atoms with Gasteiger partial charge in [0, 0.05) is 41.7 Å². The first-order valence-corrected chi connectivity index (χ1v) is 13.1. The normalized spacial score (nSPS) is 29.1. The molecule has 1 saturated carbocycles. The van der Waals surface area contributed by atoms with Gasteiger partial charge in [0.15, 0.2) is 0 Å². The highest BCUT2D eigenvalue weighted by molar-refractivity contribution is 6.32. The third kappa shape index (κ3) is 4.29. The molecule has 3 aromatic rings. The molecule has 9 heteroatoms. The second-order valence-electron chi connectivity index (χ2n) is 10.7. The standard InChI is InChI=1S/C27H31ClFN5O2/c1-27(15-36-14-24(27)29)34-7-3-16(4-8-34)19-9-17-11-25(30-13-18(17)10-22(19)28)31-26(35)21-12-20(21)23-5-6-33(2)32-23/h5-6,9-11,13,16,20-21,24H,3-4,7-8,12,14-15H2,1-2H3,(H,30,31,35)/t20?,21?,24-,27+/m1/s1. The van der Waals surface area contributed by atoms with Gasteiger partial charge >= 0.3 is 0 Å². The molecule has 7 nitrogen and oxygen atoms in total. The zero-order valence-electron chi connectivity index (χ0n) is 20.6. The molecule has 3 aliphatic rings. The highest BCUT2D eigenvalue weighted by Crippen LogP contribution is 2.47. The second-order valence-corrected chi connectivity index (χ2v) is 11.2. The minimum absolute atomic E-state index is 0.0189. The van der Waals surface area contributed by atoms with Crippen molar-refractivity contribution in [1.29, 1.82) is 0 Å². The predicted octanol–water partition coefficient (Wildman–Crippen LogP) is 4.67. The molecule has 2 aromatic heterocycles. The number of hydrogen-bond donors (Lipinski definition) is 1. The molecule has 2 saturated heterocycles. The summed E-state index contributed by atoms with van der Waals surface area (Å²) in [6, 6.07) is 7.98. The van der Waals surface area contributed by atoms with Gasteiger partial charge < -0.3 is 10.1 Å². The fourth-order valence-electron chi connectivity index (χ4n) is 5.86. The minimum Gasteiger partial charge on any atom is -0.376 e. The lowest BCUT2D eigenvalue weighted by atomic mass is 9.85. The summed E-state index contributed by atoms with van der Waals surface area (Å²) in [4.78, 5) is 19.5. The number of anilines is 1. The monoisotopic (exact) mass is 511 g/mol. The quantitative estimate of drug-likeness (QED) is 0.539. The minimum atomic E-state index is -0.950. The summed E-state index contributed by atoms with van der Waals surface area (Å²) in [5.41, 5.74) is 1.54. The van der Waals surface area contributed by atoms with Crippen LogP contribution in [0.3, 0.4) is 0 Å². The van der Waals surface area contributed by atoms with Crippen molar-refractivity contribution in [1.82, 2.24) is 19.7 Å². The lowest BCUT2D eigenvalue weighted by Crippen LogP contribution is -2.55. The average molecular weight is 512 g/mol. The Labute approximate surface area is 215 Å². The van der Waals surface area contributed by atoms with Gasteiger partial charge in [-0.15, -0.1) is 0 Å². The molecule has 0 bridgehead atoms. The molecule has 2 aliphatic heterocycles. The Morgan fingerprint density at radius 1 is 1.25 bits per heavy atom. The molecule has 1 aliphatic carbocycles. The number of piperidine rings is 1. The summed E-state index contributed by atoms with van der Waals surface area (Å²) < 4.78 is 21.7. The topological polar surface area (TPSA) is 72.3 Å². The lowest BCUT2D eigenvalue weighted by Gasteiger charge is -2.43. The number of halogens is 2. The number of hydrogen-bond acceptors (Lipinski definition) is 5. The number of fused-ring (bicyclic) bond motifs is 1. The molecule has 1 amide bonds. The van der Waals surface area contributed by atoms with Crippen molar-refractivity contribution >= 4 is 34.1 Å². The molecule has 0 spiro atoms. The second kappa shape index (κ2) is 9.08.